The molecule has 0 saturated heterocycles. The molecule has 1 saturated carbocycles. The molecule has 0 aromatic heterocycles. The van der Waals surface area contributed by atoms with E-state index in [1.165, 1.54) is 6.07 Å². The Balaban J connectivity index is 2.06. The van der Waals surface area contributed by atoms with Crippen LogP contribution in [0.1, 0.15) is 43.6 Å². The molecular formula is C14H15F3O2. The molecule has 0 amide bonds. The number of carboxylic acid groups (broad SMARTS) is 1. The first-order valence-corrected chi connectivity index (χ1v) is 6.34. The zero-order chi connectivity index (χ0) is 14.0. The second-order valence-electron chi connectivity index (χ2n) is 5.08. The van der Waals surface area contributed by atoms with E-state index in [-0.39, 0.29) is 23.8 Å². The minimum atomic E-state index is -1.43. The number of rotatable bonds is 3. The van der Waals surface area contributed by atoms with Gasteiger partial charge in [0, 0.05) is 6.42 Å². The van der Waals surface area contributed by atoms with Crippen LogP contribution in [0.5, 0.6) is 0 Å². The average molecular weight is 272 g/mol. The molecule has 0 aliphatic heterocycles. The van der Waals surface area contributed by atoms with Gasteiger partial charge in [-0.1, -0.05) is 6.07 Å². The summed E-state index contributed by atoms with van der Waals surface area (Å²) in [6.07, 6.45) is 2.69. The third-order valence-electron chi connectivity index (χ3n) is 3.81. The lowest BCUT2D eigenvalue weighted by Crippen LogP contribution is -2.17. The third kappa shape index (κ3) is 3.08. The van der Waals surface area contributed by atoms with Crippen molar-refractivity contribution in [3.63, 3.8) is 0 Å². The van der Waals surface area contributed by atoms with E-state index >= 15 is 0 Å². The second-order valence-corrected chi connectivity index (χ2v) is 5.08. The molecule has 1 aromatic carbocycles. The van der Waals surface area contributed by atoms with Gasteiger partial charge in [-0.2, -0.15) is 0 Å². The normalized spacial score (nSPS) is 23.3. The van der Waals surface area contributed by atoms with E-state index in [0.717, 1.165) is 6.07 Å². The maximum Gasteiger partial charge on any atom is 0.303 e. The zero-order valence-corrected chi connectivity index (χ0v) is 10.3. The lowest BCUT2D eigenvalue weighted by atomic mass is 9.77. The predicted molar refractivity (Wildman–Crippen MR) is 63.3 cm³/mol. The van der Waals surface area contributed by atoms with Crippen LogP contribution in [0.25, 0.3) is 0 Å². The highest BCUT2D eigenvalue weighted by molar-refractivity contribution is 5.67. The highest BCUT2D eigenvalue weighted by atomic mass is 19.2. The van der Waals surface area contributed by atoms with Crippen LogP contribution in [0.3, 0.4) is 0 Å². The van der Waals surface area contributed by atoms with Crippen molar-refractivity contribution >= 4 is 5.97 Å². The Morgan fingerprint density at radius 3 is 2.32 bits per heavy atom. The van der Waals surface area contributed by atoms with E-state index in [4.69, 9.17) is 5.11 Å². The van der Waals surface area contributed by atoms with E-state index in [2.05, 4.69) is 0 Å². The zero-order valence-electron chi connectivity index (χ0n) is 10.3. The molecule has 1 aliphatic carbocycles. The van der Waals surface area contributed by atoms with Gasteiger partial charge >= 0.3 is 5.97 Å². The third-order valence-corrected chi connectivity index (χ3v) is 3.81. The van der Waals surface area contributed by atoms with Gasteiger partial charge in [0.25, 0.3) is 0 Å². The molecule has 0 unspecified atom stereocenters. The summed E-state index contributed by atoms with van der Waals surface area (Å²) in [6, 6.07) is 2.23. The van der Waals surface area contributed by atoms with E-state index < -0.39 is 23.4 Å². The molecule has 2 rings (SSSR count). The first-order chi connectivity index (χ1) is 8.99. The minimum absolute atomic E-state index is 0.0992. The maximum absolute atomic E-state index is 13.6. The van der Waals surface area contributed by atoms with Crippen LogP contribution in [0, 0.1) is 23.4 Å². The standard InChI is InChI=1S/C14H15F3O2/c15-11-6-5-10(13(16)14(11)17)9-3-1-8(2-4-9)7-12(18)19/h5-6,8-9H,1-4,7H2,(H,18,19). The number of carboxylic acids is 1. The monoisotopic (exact) mass is 272 g/mol. The number of hydrogen-bond acceptors (Lipinski definition) is 1. The highest BCUT2D eigenvalue weighted by Gasteiger charge is 2.27. The van der Waals surface area contributed by atoms with Gasteiger partial charge in [-0.15, -0.1) is 0 Å². The Kier molecular flexibility index (Phi) is 4.12. The fourth-order valence-corrected chi connectivity index (χ4v) is 2.78. The largest absolute Gasteiger partial charge is 0.481 e. The van der Waals surface area contributed by atoms with Gasteiger partial charge in [0.15, 0.2) is 17.5 Å². The molecule has 0 spiro atoms. The predicted octanol–water partition coefficient (Wildman–Crippen LogP) is 3.85. The van der Waals surface area contributed by atoms with Gasteiger partial charge in [-0.3, -0.25) is 4.79 Å². The van der Waals surface area contributed by atoms with E-state index in [1.54, 1.807) is 0 Å². The van der Waals surface area contributed by atoms with Crippen molar-refractivity contribution in [2.45, 2.75) is 38.0 Å². The van der Waals surface area contributed by atoms with Crippen molar-refractivity contribution in [2.75, 3.05) is 0 Å². The fourth-order valence-electron chi connectivity index (χ4n) is 2.78. The van der Waals surface area contributed by atoms with Crippen molar-refractivity contribution < 1.29 is 23.1 Å². The number of hydrogen-bond donors (Lipinski definition) is 1. The lowest BCUT2D eigenvalue weighted by Gasteiger charge is -2.28. The number of halogens is 3. The van der Waals surface area contributed by atoms with Gasteiger partial charge in [-0.25, -0.2) is 13.2 Å². The first-order valence-electron chi connectivity index (χ1n) is 6.34. The maximum atomic E-state index is 13.6. The number of benzene rings is 1. The Bertz CT molecular complexity index is 480. The summed E-state index contributed by atoms with van der Waals surface area (Å²) in [6.45, 7) is 0. The van der Waals surface area contributed by atoms with Gasteiger partial charge in [0.05, 0.1) is 0 Å². The van der Waals surface area contributed by atoms with Crippen LogP contribution < -0.4 is 0 Å². The molecule has 1 N–H and O–H groups in total. The summed E-state index contributed by atoms with van der Waals surface area (Å²) >= 11 is 0. The average Bonchev–Trinajstić information content (AvgIpc) is 2.37. The first kappa shape index (κ1) is 13.9. The molecule has 1 aliphatic rings. The van der Waals surface area contributed by atoms with Gasteiger partial charge in [0.1, 0.15) is 0 Å². The van der Waals surface area contributed by atoms with Crippen molar-refractivity contribution in [2.24, 2.45) is 5.92 Å². The SMILES string of the molecule is O=C(O)CC1CCC(c2ccc(F)c(F)c2F)CC1. The van der Waals surface area contributed by atoms with Crippen LogP contribution in [-0.2, 0) is 4.79 Å². The molecule has 2 nitrogen and oxygen atoms in total. The molecule has 19 heavy (non-hydrogen) atoms. The van der Waals surface area contributed by atoms with Gasteiger partial charge in [-0.05, 0) is 49.1 Å². The summed E-state index contributed by atoms with van der Waals surface area (Å²) in [7, 11) is 0. The molecule has 5 heteroatoms. The Labute approximate surface area is 109 Å². The highest BCUT2D eigenvalue weighted by Crippen LogP contribution is 2.38. The Hall–Kier alpha value is -1.52. The summed E-state index contributed by atoms with van der Waals surface area (Å²) in [5.74, 6) is -4.60. The van der Waals surface area contributed by atoms with Crippen LogP contribution in [0.2, 0.25) is 0 Å². The molecule has 1 aromatic rings. The summed E-state index contributed by atoms with van der Waals surface area (Å²) in [5.41, 5.74) is 0.202. The van der Waals surface area contributed by atoms with Crippen LogP contribution >= 0.6 is 0 Å². The quantitative estimate of drug-likeness (QED) is 0.848. The molecule has 1 fully saturated rings. The molecule has 0 atom stereocenters. The topological polar surface area (TPSA) is 37.3 Å². The van der Waals surface area contributed by atoms with Gasteiger partial charge < -0.3 is 5.11 Å². The summed E-state index contributed by atoms with van der Waals surface area (Å²) in [5, 5.41) is 8.71. The van der Waals surface area contributed by atoms with E-state index in [9.17, 15) is 18.0 Å². The summed E-state index contributed by atoms with van der Waals surface area (Å²) in [4.78, 5) is 10.6. The number of aliphatic carboxylic acids is 1. The van der Waals surface area contributed by atoms with Crippen molar-refractivity contribution in [1.82, 2.24) is 0 Å². The Morgan fingerprint density at radius 2 is 1.74 bits per heavy atom. The van der Waals surface area contributed by atoms with Crippen LogP contribution in [0.15, 0.2) is 12.1 Å². The molecule has 0 heterocycles. The van der Waals surface area contributed by atoms with Gasteiger partial charge in [0.2, 0.25) is 0 Å². The van der Waals surface area contributed by atoms with Crippen LogP contribution in [-0.4, -0.2) is 11.1 Å². The molecule has 0 radical (unpaired) electrons. The van der Waals surface area contributed by atoms with Crippen molar-refractivity contribution in [3.8, 4) is 0 Å². The number of carbonyl (C=O) groups is 1. The molecular weight excluding hydrogens is 257 g/mol. The minimum Gasteiger partial charge on any atom is -0.481 e. The smallest absolute Gasteiger partial charge is 0.303 e. The second kappa shape index (κ2) is 5.63. The van der Waals surface area contributed by atoms with Crippen molar-refractivity contribution in [1.29, 1.82) is 0 Å². The lowest BCUT2D eigenvalue weighted by molar-refractivity contribution is -0.138. The van der Waals surface area contributed by atoms with E-state index in [1.807, 2.05) is 0 Å². The fraction of sp³-hybridized carbons (Fsp3) is 0.500. The van der Waals surface area contributed by atoms with E-state index in [0.29, 0.717) is 25.7 Å². The van der Waals surface area contributed by atoms with Crippen molar-refractivity contribution in [3.05, 3.63) is 35.1 Å². The molecule has 0 bridgehead atoms. The Morgan fingerprint density at radius 1 is 1.11 bits per heavy atom. The summed E-state index contributed by atoms with van der Waals surface area (Å²) < 4.78 is 39.7. The van der Waals surface area contributed by atoms with Crippen LogP contribution in [0.4, 0.5) is 13.2 Å². The molecule has 104 valence electrons.